The minimum atomic E-state index is -0.418. The molecular weight excluding hydrogens is 302 g/mol. The largest absolute Gasteiger partial charge is 0.412 e. The molecular formula is C19H19N3O2. The number of amides is 1. The third-order valence-electron chi connectivity index (χ3n) is 3.75. The fraction of sp³-hybridized carbons (Fsp3) is 0.211. The van der Waals surface area contributed by atoms with E-state index in [0.29, 0.717) is 17.5 Å². The Bertz CT molecular complexity index is 834. The van der Waals surface area contributed by atoms with Crippen LogP contribution in [0.1, 0.15) is 41.6 Å². The third kappa shape index (κ3) is 3.51. The summed E-state index contributed by atoms with van der Waals surface area (Å²) in [6.45, 7) is 6.25. The molecule has 0 saturated carbocycles. The van der Waals surface area contributed by atoms with Crippen LogP contribution in [0.25, 0.3) is 11.5 Å². The van der Waals surface area contributed by atoms with Crippen molar-refractivity contribution in [2.75, 3.05) is 5.32 Å². The van der Waals surface area contributed by atoms with Crippen LogP contribution in [0.4, 0.5) is 5.69 Å². The molecule has 0 unspecified atom stereocenters. The standard InChI is InChI=1S/C19H19N3O2/c1-12(2)14-8-10-16(11-9-14)20-17(23)19-22-21-18(24-19)15-6-4-13(3)5-7-15/h4-12H,1-3H3,(H,20,23). The molecule has 1 heterocycles. The summed E-state index contributed by atoms with van der Waals surface area (Å²) in [5.74, 6) is 0.301. The Kier molecular flexibility index (Phi) is 4.42. The lowest BCUT2D eigenvalue weighted by molar-refractivity contribution is 0.0991. The summed E-state index contributed by atoms with van der Waals surface area (Å²) >= 11 is 0. The molecule has 1 amide bonds. The van der Waals surface area contributed by atoms with Crippen LogP contribution in [0.2, 0.25) is 0 Å². The van der Waals surface area contributed by atoms with Crippen molar-refractivity contribution < 1.29 is 9.21 Å². The molecule has 0 spiro atoms. The van der Waals surface area contributed by atoms with Gasteiger partial charge in [0.2, 0.25) is 5.89 Å². The van der Waals surface area contributed by atoms with Crippen LogP contribution in [0.3, 0.4) is 0 Å². The van der Waals surface area contributed by atoms with Gasteiger partial charge in [-0.25, -0.2) is 0 Å². The number of nitrogens with one attached hydrogen (secondary N) is 1. The molecule has 3 aromatic rings. The Balaban J connectivity index is 1.72. The van der Waals surface area contributed by atoms with Crippen molar-refractivity contribution >= 4 is 11.6 Å². The number of nitrogens with zero attached hydrogens (tertiary/aromatic N) is 2. The van der Waals surface area contributed by atoms with Gasteiger partial charge in [0.15, 0.2) is 0 Å². The van der Waals surface area contributed by atoms with Crippen molar-refractivity contribution in [3.63, 3.8) is 0 Å². The van der Waals surface area contributed by atoms with Gasteiger partial charge in [0, 0.05) is 11.3 Å². The number of anilines is 1. The maximum Gasteiger partial charge on any atom is 0.313 e. The molecule has 0 aliphatic rings. The maximum atomic E-state index is 12.2. The molecule has 0 aliphatic heterocycles. The van der Waals surface area contributed by atoms with Crippen LogP contribution in [-0.4, -0.2) is 16.1 Å². The van der Waals surface area contributed by atoms with Crippen molar-refractivity contribution in [3.8, 4) is 11.5 Å². The van der Waals surface area contributed by atoms with Gasteiger partial charge < -0.3 is 9.73 Å². The number of aryl methyl sites for hydroxylation is 1. The van der Waals surface area contributed by atoms with Gasteiger partial charge in [-0.05, 0) is 42.7 Å². The van der Waals surface area contributed by atoms with Crippen molar-refractivity contribution in [2.45, 2.75) is 26.7 Å². The molecule has 0 fully saturated rings. The van der Waals surface area contributed by atoms with Crippen molar-refractivity contribution in [3.05, 3.63) is 65.5 Å². The Morgan fingerprint density at radius 1 is 1.00 bits per heavy atom. The SMILES string of the molecule is Cc1ccc(-c2nnc(C(=O)Nc3ccc(C(C)C)cc3)o2)cc1. The number of hydrogen-bond donors (Lipinski definition) is 1. The molecule has 122 valence electrons. The smallest absolute Gasteiger partial charge is 0.313 e. The average Bonchev–Trinajstić information content (AvgIpc) is 3.06. The molecule has 0 bridgehead atoms. The zero-order chi connectivity index (χ0) is 17.1. The fourth-order valence-electron chi connectivity index (χ4n) is 2.26. The van der Waals surface area contributed by atoms with E-state index < -0.39 is 5.91 Å². The first-order chi connectivity index (χ1) is 11.5. The number of hydrogen-bond acceptors (Lipinski definition) is 4. The number of aromatic nitrogens is 2. The van der Waals surface area contributed by atoms with Gasteiger partial charge in [-0.3, -0.25) is 4.79 Å². The molecule has 1 N–H and O–H groups in total. The highest BCUT2D eigenvalue weighted by Gasteiger charge is 2.16. The highest BCUT2D eigenvalue weighted by Crippen LogP contribution is 2.20. The predicted octanol–water partition coefficient (Wildman–Crippen LogP) is 4.42. The number of benzene rings is 2. The van der Waals surface area contributed by atoms with Gasteiger partial charge in [0.25, 0.3) is 0 Å². The van der Waals surface area contributed by atoms with E-state index in [2.05, 4.69) is 29.4 Å². The minimum Gasteiger partial charge on any atom is -0.412 e. The van der Waals surface area contributed by atoms with Crippen LogP contribution < -0.4 is 5.32 Å². The van der Waals surface area contributed by atoms with Crippen LogP contribution in [0, 0.1) is 6.92 Å². The molecule has 1 aromatic heterocycles. The van der Waals surface area contributed by atoms with E-state index in [0.717, 1.165) is 11.1 Å². The Morgan fingerprint density at radius 3 is 2.29 bits per heavy atom. The monoisotopic (exact) mass is 321 g/mol. The molecule has 0 radical (unpaired) electrons. The summed E-state index contributed by atoms with van der Waals surface area (Å²) in [7, 11) is 0. The molecule has 5 nitrogen and oxygen atoms in total. The lowest BCUT2D eigenvalue weighted by atomic mass is 10.0. The highest BCUT2D eigenvalue weighted by molar-refractivity contribution is 6.00. The molecule has 0 atom stereocenters. The molecule has 0 aliphatic carbocycles. The van der Waals surface area contributed by atoms with Crippen LogP contribution in [0.5, 0.6) is 0 Å². The molecule has 24 heavy (non-hydrogen) atoms. The van der Waals surface area contributed by atoms with Crippen molar-refractivity contribution in [1.29, 1.82) is 0 Å². The summed E-state index contributed by atoms with van der Waals surface area (Å²) in [5.41, 5.74) is 3.83. The Morgan fingerprint density at radius 2 is 1.67 bits per heavy atom. The third-order valence-corrected chi connectivity index (χ3v) is 3.75. The molecule has 5 heteroatoms. The first kappa shape index (κ1) is 15.9. The first-order valence-corrected chi connectivity index (χ1v) is 7.85. The van der Waals surface area contributed by atoms with E-state index in [1.165, 1.54) is 5.56 Å². The van der Waals surface area contributed by atoms with Gasteiger partial charge in [0.1, 0.15) is 0 Å². The normalized spacial score (nSPS) is 10.8. The fourth-order valence-corrected chi connectivity index (χ4v) is 2.26. The summed E-state index contributed by atoms with van der Waals surface area (Å²) in [5, 5.41) is 10.5. The first-order valence-electron chi connectivity index (χ1n) is 7.85. The van der Waals surface area contributed by atoms with Crippen molar-refractivity contribution in [1.82, 2.24) is 10.2 Å². The van der Waals surface area contributed by atoms with Crippen molar-refractivity contribution in [2.24, 2.45) is 0 Å². The van der Waals surface area contributed by atoms with Crippen LogP contribution in [0.15, 0.2) is 52.9 Å². The zero-order valence-electron chi connectivity index (χ0n) is 13.9. The second-order valence-corrected chi connectivity index (χ2v) is 6.01. The van der Waals surface area contributed by atoms with Gasteiger partial charge in [-0.1, -0.05) is 43.7 Å². The van der Waals surface area contributed by atoms with E-state index in [-0.39, 0.29) is 5.89 Å². The van der Waals surface area contributed by atoms with E-state index in [1.807, 2.05) is 55.5 Å². The summed E-state index contributed by atoms with van der Waals surface area (Å²) < 4.78 is 5.47. The van der Waals surface area contributed by atoms with E-state index >= 15 is 0 Å². The summed E-state index contributed by atoms with van der Waals surface area (Å²) in [4.78, 5) is 12.2. The molecule has 0 saturated heterocycles. The van der Waals surface area contributed by atoms with Crippen LogP contribution in [-0.2, 0) is 0 Å². The topological polar surface area (TPSA) is 68.0 Å². The van der Waals surface area contributed by atoms with Crippen LogP contribution >= 0.6 is 0 Å². The highest BCUT2D eigenvalue weighted by atomic mass is 16.4. The lowest BCUT2D eigenvalue weighted by Gasteiger charge is -2.07. The second kappa shape index (κ2) is 6.66. The zero-order valence-corrected chi connectivity index (χ0v) is 13.9. The minimum absolute atomic E-state index is 0.0569. The van der Waals surface area contributed by atoms with E-state index in [4.69, 9.17) is 4.42 Å². The second-order valence-electron chi connectivity index (χ2n) is 6.01. The summed E-state index contributed by atoms with van der Waals surface area (Å²) in [6.07, 6.45) is 0. The number of rotatable bonds is 4. The number of carbonyl (C=O) groups excluding carboxylic acids is 1. The number of carbonyl (C=O) groups is 1. The summed E-state index contributed by atoms with van der Waals surface area (Å²) in [6, 6.07) is 15.4. The predicted molar refractivity (Wildman–Crippen MR) is 93.0 cm³/mol. The van der Waals surface area contributed by atoms with Gasteiger partial charge in [0.05, 0.1) is 0 Å². The van der Waals surface area contributed by atoms with Gasteiger partial charge >= 0.3 is 11.8 Å². The maximum absolute atomic E-state index is 12.2. The van der Waals surface area contributed by atoms with E-state index in [1.54, 1.807) is 0 Å². The van der Waals surface area contributed by atoms with E-state index in [9.17, 15) is 4.79 Å². The van der Waals surface area contributed by atoms with Gasteiger partial charge in [-0.15, -0.1) is 10.2 Å². The average molecular weight is 321 g/mol. The Hall–Kier alpha value is -2.95. The quantitative estimate of drug-likeness (QED) is 0.772. The lowest BCUT2D eigenvalue weighted by Crippen LogP contribution is -2.12. The molecule has 2 aromatic carbocycles. The molecule has 3 rings (SSSR count). The Labute approximate surface area is 140 Å². The van der Waals surface area contributed by atoms with Gasteiger partial charge in [-0.2, -0.15) is 0 Å².